The Hall–Kier alpha value is -0.0800. The van der Waals surface area contributed by atoms with Gasteiger partial charge in [0.05, 0.1) is 0 Å². The minimum Gasteiger partial charge on any atom is -0.412 e. The molecule has 0 aliphatic carbocycles. The van der Waals surface area contributed by atoms with Crippen LogP contribution in [0, 0.1) is 0 Å². The van der Waals surface area contributed by atoms with Crippen LogP contribution in [0.3, 0.4) is 0 Å². The molecule has 0 bridgehead atoms. The number of unbranched alkanes of at least 4 members (excludes halogenated alkanes) is 33. The third-order valence-corrected chi connectivity index (χ3v) is 10.3. The Morgan fingerprint density at radius 1 is 0.273 bits per heavy atom. The van der Waals surface area contributed by atoms with Gasteiger partial charge in [-0.15, -0.1) is 0 Å². The molecule has 0 aromatic rings. The van der Waals surface area contributed by atoms with Crippen LogP contribution in [-0.4, -0.2) is 30.5 Å². The van der Waals surface area contributed by atoms with E-state index in [1.807, 2.05) is 0 Å². The molecule has 2 N–H and O–H groups in total. The quantitative estimate of drug-likeness (QED) is 0.0630. The van der Waals surface area contributed by atoms with Gasteiger partial charge in [0.1, 0.15) is 0 Å². The van der Waals surface area contributed by atoms with Gasteiger partial charge in [-0.2, -0.15) is 0 Å². The highest BCUT2D eigenvalue weighted by molar-refractivity contribution is 4.67. The lowest BCUT2D eigenvalue weighted by molar-refractivity contribution is 0.251. The average Bonchev–Trinajstić information content (AvgIpc) is 3.00. The number of hydrogen-bond acceptors (Lipinski definition) is 1. The van der Waals surface area contributed by atoms with E-state index in [9.17, 15) is 0 Å². The van der Waals surface area contributed by atoms with Gasteiger partial charge in [-0.3, -0.25) is 0 Å². The third kappa shape index (κ3) is 38.1. The molecular weight excluding hydrogens is 534 g/mol. The van der Waals surface area contributed by atoms with Crippen molar-refractivity contribution in [1.29, 1.82) is 0 Å². The van der Waals surface area contributed by atoms with Crippen LogP contribution in [0.1, 0.15) is 251 Å². The maximum Gasteiger partial charge on any atom is 0.00891 e. The van der Waals surface area contributed by atoms with Gasteiger partial charge in [-0.05, 0) is 26.9 Å². The molecule has 0 spiro atoms. The maximum atomic E-state index is 2.51. The molecule has 0 radical (unpaired) electrons. The topological polar surface area (TPSA) is 34.7 Å². The third-order valence-electron chi connectivity index (χ3n) is 10.3. The Bertz CT molecular complexity index is 478. The number of nitrogens with zero attached hydrogens (tertiary/aromatic N) is 1. The van der Waals surface area contributed by atoms with Crippen molar-refractivity contribution in [1.82, 2.24) is 4.90 Å². The zero-order chi connectivity index (χ0) is 31.3. The molecule has 0 saturated carbocycles. The molecule has 0 fully saturated rings. The lowest BCUT2D eigenvalue weighted by atomic mass is 9.99. The van der Waals surface area contributed by atoms with Crippen molar-refractivity contribution in [3.05, 3.63) is 0 Å². The molecular formula is C42H89NO. The fraction of sp³-hybridized carbons (Fsp3) is 1.00. The fourth-order valence-electron chi connectivity index (χ4n) is 7.05. The summed E-state index contributed by atoms with van der Waals surface area (Å²) in [5, 5.41) is 0. The Balaban J connectivity index is 0. The Kier molecular flexibility index (Phi) is 42.8. The van der Waals surface area contributed by atoms with Crippen molar-refractivity contribution >= 4 is 0 Å². The molecule has 2 nitrogen and oxygen atoms in total. The largest absolute Gasteiger partial charge is 0.412 e. The standard InChI is InChI=1S/C42H87N.H2O/c1-5-7-9-11-13-15-17-19-21-23-24-25-27-29-31-33-35-37-39-41-42(43(3)4)40-38-36-34-32-30-28-26-22-20-18-16-14-12-10-8-6-2;/h42H,5-41H2,1-4H3;1H2. The summed E-state index contributed by atoms with van der Waals surface area (Å²) in [5.74, 6) is 0. The van der Waals surface area contributed by atoms with Crippen LogP contribution in [0.5, 0.6) is 0 Å². The van der Waals surface area contributed by atoms with Crippen LogP contribution >= 0.6 is 0 Å². The molecule has 0 aromatic carbocycles. The molecule has 1 atom stereocenters. The van der Waals surface area contributed by atoms with Crippen molar-refractivity contribution in [2.75, 3.05) is 14.1 Å². The van der Waals surface area contributed by atoms with Gasteiger partial charge in [0, 0.05) is 6.04 Å². The fourth-order valence-corrected chi connectivity index (χ4v) is 7.05. The molecule has 0 amide bonds. The van der Waals surface area contributed by atoms with Crippen LogP contribution < -0.4 is 0 Å². The monoisotopic (exact) mass is 624 g/mol. The first-order valence-electron chi connectivity index (χ1n) is 20.9. The van der Waals surface area contributed by atoms with Crippen molar-refractivity contribution in [2.24, 2.45) is 0 Å². The number of hydrogen-bond donors (Lipinski definition) is 0. The SMILES string of the molecule is CCCCCCCCCCCCCCCCCCCCCC(CCCCCCCCCCCCCCCCCC)N(C)C.O. The van der Waals surface area contributed by atoms with E-state index in [2.05, 4.69) is 32.8 Å². The van der Waals surface area contributed by atoms with Crippen LogP contribution in [-0.2, 0) is 0 Å². The summed E-state index contributed by atoms with van der Waals surface area (Å²) in [5.41, 5.74) is 0. The van der Waals surface area contributed by atoms with Crippen molar-refractivity contribution in [3.8, 4) is 0 Å². The lowest BCUT2D eigenvalue weighted by Crippen LogP contribution is -2.27. The predicted molar refractivity (Wildman–Crippen MR) is 203 cm³/mol. The number of rotatable bonds is 38. The predicted octanol–water partition coefficient (Wildman–Crippen LogP) is 14.6. The van der Waals surface area contributed by atoms with Gasteiger partial charge in [-0.25, -0.2) is 0 Å². The van der Waals surface area contributed by atoms with E-state index in [-0.39, 0.29) is 5.48 Å². The summed E-state index contributed by atoms with van der Waals surface area (Å²) in [7, 11) is 4.62. The molecule has 0 rings (SSSR count). The summed E-state index contributed by atoms with van der Waals surface area (Å²) in [4.78, 5) is 2.51. The molecule has 2 heteroatoms. The molecule has 0 heterocycles. The smallest absolute Gasteiger partial charge is 0.00891 e. The van der Waals surface area contributed by atoms with Crippen molar-refractivity contribution in [2.45, 2.75) is 257 Å². The van der Waals surface area contributed by atoms with E-state index in [0.29, 0.717) is 0 Å². The summed E-state index contributed by atoms with van der Waals surface area (Å²) < 4.78 is 0. The van der Waals surface area contributed by atoms with Crippen LogP contribution in [0.25, 0.3) is 0 Å². The zero-order valence-corrected chi connectivity index (χ0v) is 31.7. The molecule has 0 aliphatic heterocycles. The van der Waals surface area contributed by atoms with Crippen LogP contribution in [0.2, 0.25) is 0 Å². The van der Waals surface area contributed by atoms with E-state index in [0.717, 1.165) is 6.04 Å². The molecule has 44 heavy (non-hydrogen) atoms. The second kappa shape index (κ2) is 40.9. The molecule has 0 saturated heterocycles. The minimum atomic E-state index is 0. The summed E-state index contributed by atoms with van der Waals surface area (Å²) in [6.07, 6.45) is 54.3. The molecule has 0 aromatic heterocycles. The van der Waals surface area contributed by atoms with Gasteiger partial charge < -0.3 is 10.4 Å². The highest BCUT2D eigenvalue weighted by Gasteiger charge is 2.10. The van der Waals surface area contributed by atoms with Crippen molar-refractivity contribution in [3.63, 3.8) is 0 Å². The van der Waals surface area contributed by atoms with E-state index in [1.54, 1.807) is 0 Å². The van der Waals surface area contributed by atoms with E-state index in [4.69, 9.17) is 0 Å². The second-order valence-corrected chi connectivity index (χ2v) is 14.9. The highest BCUT2D eigenvalue weighted by Crippen LogP contribution is 2.19. The lowest BCUT2D eigenvalue weighted by Gasteiger charge is -2.24. The normalized spacial score (nSPS) is 12.2. The van der Waals surface area contributed by atoms with E-state index < -0.39 is 0 Å². The minimum absolute atomic E-state index is 0. The highest BCUT2D eigenvalue weighted by atomic mass is 16.0. The van der Waals surface area contributed by atoms with E-state index in [1.165, 1.54) is 238 Å². The Morgan fingerprint density at radius 3 is 0.591 bits per heavy atom. The van der Waals surface area contributed by atoms with E-state index >= 15 is 0 Å². The Morgan fingerprint density at radius 2 is 0.432 bits per heavy atom. The van der Waals surface area contributed by atoms with Gasteiger partial charge in [0.2, 0.25) is 0 Å². The zero-order valence-electron chi connectivity index (χ0n) is 31.7. The van der Waals surface area contributed by atoms with Crippen molar-refractivity contribution < 1.29 is 5.48 Å². The van der Waals surface area contributed by atoms with Gasteiger partial charge in [-0.1, -0.05) is 239 Å². The average molecular weight is 624 g/mol. The van der Waals surface area contributed by atoms with Gasteiger partial charge >= 0.3 is 0 Å². The first-order chi connectivity index (χ1) is 21.2. The molecule has 1 unspecified atom stereocenters. The second-order valence-electron chi connectivity index (χ2n) is 14.9. The molecule has 268 valence electrons. The van der Waals surface area contributed by atoms with Crippen LogP contribution in [0.15, 0.2) is 0 Å². The maximum absolute atomic E-state index is 2.51. The summed E-state index contributed by atoms with van der Waals surface area (Å²) in [6.45, 7) is 4.62. The Labute approximate surface area is 281 Å². The molecule has 0 aliphatic rings. The summed E-state index contributed by atoms with van der Waals surface area (Å²) >= 11 is 0. The first kappa shape index (κ1) is 46.0. The van der Waals surface area contributed by atoms with Gasteiger partial charge in [0.15, 0.2) is 0 Å². The summed E-state index contributed by atoms with van der Waals surface area (Å²) in [6, 6.07) is 0.817. The van der Waals surface area contributed by atoms with Gasteiger partial charge in [0.25, 0.3) is 0 Å². The first-order valence-corrected chi connectivity index (χ1v) is 20.9. The van der Waals surface area contributed by atoms with Crippen LogP contribution in [0.4, 0.5) is 0 Å².